The lowest BCUT2D eigenvalue weighted by Gasteiger charge is -2.09. The molecule has 0 aliphatic rings. The zero-order valence-electron chi connectivity index (χ0n) is 11.8. The quantitative estimate of drug-likeness (QED) is 0.462. The SMILES string of the molecule is COc1ccc(N/N=C\c2c(O)[nH]c(=O)[nH]c2=O)c(OC)c1. The van der Waals surface area contributed by atoms with E-state index < -0.39 is 17.1 Å². The van der Waals surface area contributed by atoms with Gasteiger partial charge in [-0.3, -0.25) is 20.2 Å². The van der Waals surface area contributed by atoms with Gasteiger partial charge < -0.3 is 14.6 Å². The summed E-state index contributed by atoms with van der Waals surface area (Å²) >= 11 is 0. The minimum absolute atomic E-state index is 0.181. The standard InChI is InChI=1S/C13H14N4O5/c1-21-7-3-4-9(10(5-7)22-2)17-14-6-8-11(18)15-13(20)16-12(8)19/h3-6,17H,1-2H3,(H3,15,16,18,19,20)/b14-6-. The first-order valence-corrected chi connectivity index (χ1v) is 6.12. The molecule has 9 heteroatoms. The lowest BCUT2D eigenvalue weighted by molar-refractivity contribution is 0.395. The molecule has 0 aliphatic carbocycles. The molecule has 0 spiro atoms. The van der Waals surface area contributed by atoms with Crippen LogP contribution in [0.25, 0.3) is 0 Å². The summed E-state index contributed by atoms with van der Waals surface area (Å²) in [5.41, 5.74) is 1.46. The number of methoxy groups -OCH3 is 2. The number of aromatic nitrogens is 2. The number of benzene rings is 1. The van der Waals surface area contributed by atoms with Gasteiger partial charge in [0.2, 0.25) is 5.88 Å². The summed E-state index contributed by atoms with van der Waals surface area (Å²) in [7, 11) is 3.02. The molecule has 1 aromatic carbocycles. The van der Waals surface area contributed by atoms with E-state index in [1.807, 2.05) is 4.98 Å². The van der Waals surface area contributed by atoms with Gasteiger partial charge in [0, 0.05) is 6.07 Å². The van der Waals surface area contributed by atoms with Gasteiger partial charge in [0.25, 0.3) is 5.56 Å². The summed E-state index contributed by atoms with van der Waals surface area (Å²) in [5, 5.41) is 13.3. The summed E-state index contributed by atoms with van der Waals surface area (Å²) in [6.07, 6.45) is 1.08. The predicted octanol–water partition coefficient (Wildman–Crippen LogP) is 0.232. The Morgan fingerprint density at radius 3 is 2.64 bits per heavy atom. The van der Waals surface area contributed by atoms with Crippen molar-refractivity contribution in [3.8, 4) is 17.4 Å². The molecule has 0 amide bonds. The van der Waals surface area contributed by atoms with E-state index in [9.17, 15) is 14.7 Å². The van der Waals surface area contributed by atoms with Gasteiger partial charge in [-0.1, -0.05) is 0 Å². The van der Waals surface area contributed by atoms with Crippen LogP contribution in [0.1, 0.15) is 5.56 Å². The number of aromatic amines is 2. The minimum atomic E-state index is -0.801. The molecule has 1 heterocycles. The van der Waals surface area contributed by atoms with Crippen LogP contribution in [0.3, 0.4) is 0 Å². The van der Waals surface area contributed by atoms with Gasteiger partial charge in [0.05, 0.1) is 26.1 Å². The normalized spacial score (nSPS) is 10.6. The molecule has 1 aromatic heterocycles. The first-order valence-electron chi connectivity index (χ1n) is 6.12. The zero-order chi connectivity index (χ0) is 16.1. The number of nitrogens with zero attached hydrogens (tertiary/aromatic N) is 1. The van der Waals surface area contributed by atoms with Crippen molar-refractivity contribution in [1.82, 2.24) is 9.97 Å². The van der Waals surface area contributed by atoms with Gasteiger partial charge in [-0.05, 0) is 12.1 Å². The molecule has 0 unspecified atom stereocenters. The molecule has 0 saturated carbocycles. The fourth-order valence-corrected chi connectivity index (χ4v) is 1.66. The molecule has 2 aromatic rings. The number of aromatic hydroxyl groups is 1. The second kappa shape index (κ2) is 6.48. The van der Waals surface area contributed by atoms with E-state index in [1.165, 1.54) is 14.2 Å². The van der Waals surface area contributed by atoms with Crippen LogP contribution in [-0.2, 0) is 0 Å². The Labute approximate surface area is 124 Å². The third kappa shape index (κ3) is 3.26. The highest BCUT2D eigenvalue weighted by Gasteiger charge is 2.06. The first-order chi connectivity index (χ1) is 10.5. The van der Waals surface area contributed by atoms with E-state index in [1.54, 1.807) is 18.2 Å². The van der Waals surface area contributed by atoms with E-state index in [0.717, 1.165) is 6.21 Å². The van der Waals surface area contributed by atoms with Crippen LogP contribution in [0.4, 0.5) is 5.69 Å². The topological polar surface area (TPSA) is 129 Å². The van der Waals surface area contributed by atoms with Crippen LogP contribution >= 0.6 is 0 Å². The Morgan fingerprint density at radius 1 is 1.23 bits per heavy atom. The predicted molar refractivity (Wildman–Crippen MR) is 80.1 cm³/mol. The van der Waals surface area contributed by atoms with Crippen molar-refractivity contribution < 1.29 is 14.6 Å². The van der Waals surface area contributed by atoms with Crippen molar-refractivity contribution >= 4 is 11.9 Å². The molecule has 116 valence electrons. The zero-order valence-corrected chi connectivity index (χ0v) is 11.8. The number of anilines is 1. The van der Waals surface area contributed by atoms with Crippen LogP contribution in [0.2, 0.25) is 0 Å². The van der Waals surface area contributed by atoms with Crippen molar-refractivity contribution in [2.24, 2.45) is 5.10 Å². The first kappa shape index (κ1) is 15.2. The Kier molecular flexibility index (Phi) is 4.47. The number of nitrogens with one attached hydrogen (secondary N) is 3. The van der Waals surface area contributed by atoms with Crippen LogP contribution < -0.4 is 26.1 Å². The van der Waals surface area contributed by atoms with Crippen LogP contribution in [-0.4, -0.2) is 35.5 Å². The molecular formula is C13H14N4O5. The monoisotopic (exact) mass is 306 g/mol. The molecule has 0 saturated heterocycles. The maximum atomic E-state index is 11.5. The fourth-order valence-electron chi connectivity index (χ4n) is 1.66. The number of rotatable bonds is 5. The van der Waals surface area contributed by atoms with Gasteiger partial charge >= 0.3 is 5.69 Å². The number of H-pyrrole nitrogens is 2. The molecule has 4 N–H and O–H groups in total. The summed E-state index contributed by atoms with van der Waals surface area (Å²) in [4.78, 5) is 26.5. The van der Waals surface area contributed by atoms with Crippen molar-refractivity contribution in [2.45, 2.75) is 0 Å². The second-order valence-corrected chi connectivity index (χ2v) is 4.11. The fraction of sp³-hybridized carbons (Fsp3) is 0.154. The van der Waals surface area contributed by atoms with E-state index >= 15 is 0 Å². The third-order valence-corrected chi connectivity index (χ3v) is 2.75. The average Bonchev–Trinajstić information content (AvgIpc) is 2.49. The van der Waals surface area contributed by atoms with E-state index in [4.69, 9.17) is 9.47 Å². The van der Waals surface area contributed by atoms with Crippen LogP contribution in [0.15, 0.2) is 32.9 Å². The van der Waals surface area contributed by atoms with Crippen molar-refractivity contribution in [1.29, 1.82) is 0 Å². The highest BCUT2D eigenvalue weighted by molar-refractivity contribution is 5.82. The van der Waals surface area contributed by atoms with Crippen molar-refractivity contribution in [2.75, 3.05) is 19.6 Å². The number of hydrazone groups is 1. The number of ether oxygens (including phenoxy) is 2. The highest BCUT2D eigenvalue weighted by Crippen LogP contribution is 2.28. The third-order valence-electron chi connectivity index (χ3n) is 2.75. The Hall–Kier alpha value is -3.23. The van der Waals surface area contributed by atoms with Gasteiger partial charge in [0.1, 0.15) is 17.1 Å². The van der Waals surface area contributed by atoms with Gasteiger partial charge in [-0.15, -0.1) is 0 Å². The summed E-state index contributed by atoms with van der Waals surface area (Å²) in [6.45, 7) is 0. The largest absolute Gasteiger partial charge is 0.497 e. The number of hydrogen-bond acceptors (Lipinski definition) is 7. The van der Waals surface area contributed by atoms with Gasteiger partial charge in [0.15, 0.2) is 0 Å². The number of hydrogen-bond donors (Lipinski definition) is 4. The molecule has 0 atom stereocenters. The second-order valence-electron chi connectivity index (χ2n) is 4.11. The lowest BCUT2D eigenvalue weighted by Crippen LogP contribution is -2.25. The van der Waals surface area contributed by atoms with Crippen molar-refractivity contribution in [3.05, 3.63) is 44.6 Å². The molecule has 0 fully saturated rings. The van der Waals surface area contributed by atoms with E-state index in [-0.39, 0.29) is 5.56 Å². The molecule has 0 radical (unpaired) electrons. The molecule has 9 nitrogen and oxygen atoms in total. The average molecular weight is 306 g/mol. The van der Waals surface area contributed by atoms with Crippen LogP contribution in [0.5, 0.6) is 17.4 Å². The van der Waals surface area contributed by atoms with Gasteiger partial charge in [-0.2, -0.15) is 5.10 Å². The molecule has 0 aliphatic heterocycles. The van der Waals surface area contributed by atoms with E-state index in [0.29, 0.717) is 17.2 Å². The Balaban J connectivity index is 2.23. The summed E-state index contributed by atoms with van der Waals surface area (Å²) in [5.74, 6) is 0.526. The molecular weight excluding hydrogens is 292 g/mol. The molecule has 22 heavy (non-hydrogen) atoms. The Bertz CT molecular complexity index is 809. The van der Waals surface area contributed by atoms with Gasteiger partial charge in [-0.25, -0.2) is 4.79 Å². The van der Waals surface area contributed by atoms with E-state index in [2.05, 4.69) is 15.5 Å². The summed E-state index contributed by atoms with van der Waals surface area (Å²) < 4.78 is 10.2. The smallest absolute Gasteiger partial charge is 0.328 e. The van der Waals surface area contributed by atoms with Crippen molar-refractivity contribution in [3.63, 3.8) is 0 Å². The highest BCUT2D eigenvalue weighted by atomic mass is 16.5. The summed E-state index contributed by atoms with van der Waals surface area (Å²) in [6, 6.07) is 5.03. The molecule has 0 bridgehead atoms. The maximum Gasteiger partial charge on any atom is 0.328 e. The maximum absolute atomic E-state index is 11.5. The minimum Gasteiger partial charge on any atom is -0.497 e. The Morgan fingerprint density at radius 2 is 2.00 bits per heavy atom. The lowest BCUT2D eigenvalue weighted by atomic mass is 10.3. The van der Waals surface area contributed by atoms with Crippen LogP contribution in [0, 0.1) is 0 Å². The molecule has 2 rings (SSSR count).